The van der Waals surface area contributed by atoms with Crippen LogP contribution >= 0.6 is 11.6 Å². The Labute approximate surface area is 167 Å². The Morgan fingerprint density at radius 3 is 2.54 bits per heavy atom. The van der Waals surface area contributed by atoms with Crippen LogP contribution in [0.2, 0.25) is 5.02 Å². The molecule has 0 saturated carbocycles. The first kappa shape index (κ1) is 18.3. The van der Waals surface area contributed by atoms with Crippen LogP contribution in [0.25, 0.3) is 22.4 Å². The van der Waals surface area contributed by atoms with E-state index in [1.807, 2.05) is 30.3 Å². The lowest BCUT2D eigenvalue weighted by atomic mass is 10.2. The first-order chi connectivity index (χ1) is 13.5. The molecule has 4 aromatic rings. The molecule has 4 rings (SSSR count). The fourth-order valence-electron chi connectivity index (χ4n) is 2.83. The van der Waals surface area contributed by atoms with Gasteiger partial charge in [0.15, 0.2) is 0 Å². The van der Waals surface area contributed by atoms with Crippen LogP contribution in [-0.2, 0) is 10.0 Å². The number of benzene rings is 3. The van der Waals surface area contributed by atoms with Gasteiger partial charge in [-0.25, -0.2) is 13.4 Å². The van der Waals surface area contributed by atoms with Crippen LogP contribution in [0.3, 0.4) is 0 Å². The molecular weight excluding hydrogens is 398 g/mol. The molecule has 0 amide bonds. The van der Waals surface area contributed by atoms with Crippen molar-refractivity contribution in [3.63, 3.8) is 0 Å². The lowest BCUT2D eigenvalue weighted by Crippen LogP contribution is -2.12. The number of imidazole rings is 1. The smallest absolute Gasteiger partial charge is 0.261 e. The lowest BCUT2D eigenvalue weighted by molar-refractivity contribution is 0.415. The minimum Gasteiger partial charge on any atom is -0.495 e. The number of aromatic nitrogens is 2. The molecule has 1 heterocycles. The SMILES string of the molecule is COc1ccc(NS(=O)(=O)c2ccc3nc(-c4ccccc4)[nH]c3c2)cc1Cl. The van der Waals surface area contributed by atoms with E-state index < -0.39 is 10.0 Å². The van der Waals surface area contributed by atoms with Crippen molar-refractivity contribution < 1.29 is 13.2 Å². The number of methoxy groups -OCH3 is 1. The summed E-state index contributed by atoms with van der Waals surface area (Å²) in [5.41, 5.74) is 2.59. The maximum atomic E-state index is 12.8. The van der Waals surface area contributed by atoms with E-state index in [4.69, 9.17) is 16.3 Å². The van der Waals surface area contributed by atoms with Gasteiger partial charge in [-0.2, -0.15) is 0 Å². The number of anilines is 1. The van der Waals surface area contributed by atoms with E-state index >= 15 is 0 Å². The maximum Gasteiger partial charge on any atom is 0.261 e. The zero-order valence-corrected chi connectivity index (χ0v) is 16.4. The molecule has 0 bridgehead atoms. The number of aromatic amines is 1. The molecule has 0 aliphatic heterocycles. The third-order valence-corrected chi connectivity index (χ3v) is 5.89. The van der Waals surface area contributed by atoms with Gasteiger partial charge in [-0.05, 0) is 36.4 Å². The molecular formula is C20H16ClN3O3S. The number of halogens is 1. The normalized spacial score (nSPS) is 11.5. The predicted octanol–water partition coefficient (Wildman–Crippen LogP) is 4.69. The van der Waals surface area contributed by atoms with Gasteiger partial charge in [0.25, 0.3) is 10.0 Å². The summed E-state index contributed by atoms with van der Waals surface area (Å²) in [4.78, 5) is 7.81. The largest absolute Gasteiger partial charge is 0.495 e. The monoisotopic (exact) mass is 413 g/mol. The lowest BCUT2D eigenvalue weighted by Gasteiger charge is -2.10. The fourth-order valence-corrected chi connectivity index (χ4v) is 4.17. The van der Waals surface area contributed by atoms with E-state index in [9.17, 15) is 8.42 Å². The molecule has 0 saturated heterocycles. The third kappa shape index (κ3) is 3.54. The van der Waals surface area contributed by atoms with Crippen molar-refractivity contribution in [2.75, 3.05) is 11.8 Å². The first-order valence-corrected chi connectivity index (χ1v) is 10.2. The van der Waals surface area contributed by atoms with Crippen LogP contribution < -0.4 is 9.46 Å². The number of rotatable bonds is 5. The van der Waals surface area contributed by atoms with Crippen molar-refractivity contribution in [2.24, 2.45) is 0 Å². The third-order valence-electron chi connectivity index (χ3n) is 4.21. The number of nitrogens with zero attached hydrogens (tertiary/aromatic N) is 1. The Morgan fingerprint density at radius 2 is 1.82 bits per heavy atom. The number of hydrogen-bond donors (Lipinski definition) is 2. The van der Waals surface area contributed by atoms with E-state index in [0.29, 0.717) is 33.3 Å². The standard InChI is InChI=1S/C20H16ClN3O3S/c1-27-19-10-7-14(11-16(19)21)24-28(25,26)15-8-9-17-18(12-15)23-20(22-17)13-5-3-2-4-6-13/h2-12,24H,1H3,(H,22,23). The summed E-state index contributed by atoms with van der Waals surface area (Å²) in [6.07, 6.45) is 0. The Hall–Kier alpha value is -3.03. The molecule has 3 aromatic carbocycles. The minimum atomic E-state index is -3.79. The Kier molecular flexibility index (Phi) is 4.70. The number of nitrogens with one attached hydrogen (secondary N) is 2. The number of H-pyrrole nitrogens is 1. The summed E-state index contributed by atoms with van der Waals surface area (Å²) in [6.45, 7) is 0. The molecule has 0 fully saturated rings. The molecule has 6 nitrogen and oxygen atoms in total. The van der Waals surface area contributed by atoms with Crippen LogP contribution in [0.5, 0.6) is 5.75 Å². The summed E-state index contributed by atoms with van der Waals surface area (Å²) in [7, 11) is -2.30. The second-order valence-electron chi connectivity index (χ2n) is 6.09. The minimum absolute atomic E-state index is 0.121. The Bertz CT molecular complexity index is 1250. The molecule has 8 heteroatoms. The molecule has 0 radical (unpaired) electrons. The van der Waals surface area contributed by atoms with Crippen molar-refractivity contribution in [2.45, 2.75) is 4.90 Å². The molecule has 2 N–H and O–H groups in total. The molecule has 0 atom stereocenters. The maximum absolute atomic E-state index is 12.8. The second kappa shape index (κ2) is 7.18. The van der Waals surface area contributed by atoms with Gasteiger partial charge in [-0.1, -0.05) is 41.9 Å². The molecule has 0 aliphatic carbocycles. The Balaban J connectivity index is 1.66. The second-order valence-corrected chi connectivity index (χ2v) is 8.17. The molecule has 0 spiro atoms. The summed E-state index contributed by atoms with van der Waals surface area (Å²) in [6, 6.07) is 19.1. The van der Waals surface area contributed by atoms with Gasteiger partial charge in [0.2, 0.25) is 0 Å². The van der Waals surface area contributed by atoms with Crippen molar-refractivity contribution >= 4 is 38.3 Å². The molecule has 1 aromatic heterocycles. The summed E-state index contributed by atoms with van der Waals surface area (Å²) >= 11 is 6.07. The fraction of sp³-hybridized carbons (Fsp3) is 0.0500. The highest BCUT2D eigenvalue weighted by atomic mass is 35.5. The summed E-state index contributed by atoms with van der Waals surface area (Å²) in [5, 5.41) is 0.319. The number of fused-ring (bicyclic) bond motifs is 1. The van der Waals surface area contributed by atoms with Crippen LogP contribution in [-0.4, -0.2) is 25.5 Å². The van der Waals surface area contributed by atoms with Gasteiger partial charge in [0, 0.05) is 5.56 Å². The zero-order valence-electron chi connectivity index (χ0n) is 14.8. The van der Waals surface area contributed by atoms with Gasteiger partial charge in [0.1, 0.15) is 11.6 Å². The first-order valence-electron chi connectivity index (χ1n) is 8.38. The zero-order chi connectivity index (χ0) is 19.7. The van der Waals surface area contributed by atoms with Gasteiger partial charge < -0.3 is 9.72 Å². The van der Waals surface area contributed by atoms with Gasteiger partial charge >= 0.3 is 0 Å². The average molecular weight is 414 g/mol. The van der Waals surface area contributed by atoms with E-state index in [2.05, 4.69) is 14.7 Å². The van der Waals surface area contributed by atoms with Gasteiger partial charge in [-0.15, -0.1) is 0 Å². The molecule has 0 unspecified atom stereocenters. The summed E-state index contributed by atoms with van der Waals surface area (Å²) in [5.74, 6) is 1.15. The highest BCUT2D eigenvalue weighted by molar-refractivity contribution is 7.92. The number of hydrogen-bond acceptors (Lipinski definition) is 4. The van der Waals surface area contributed by atoms with Crippen molar-refractivity contribution in [1.29, 1.82) is 0 Å². The van der Waals surface area contributed by atoms with Crippen LogP contribution in [0, 0.1) is 0 Å². The van der Waals surface area contributed by atoms with E-state index in [1.54, 1.807) is 24.3 Å². The average Bonchev–Trinajstić information content (AvgIpc) is 3.12. The van der Waals surface area contributed by atoms with Crippen molar-refractivity contribution in [3.05, 3.63) is 71.8 Å². The molecule has 0 aliphatic rings. The predicted molar refractivity (Wildman–Crippen MR) is 110 cm³/mol. The topological polar surface area (TPSA) is 84.1 Å². The quantitative estimate of drug-likeness (QED) is 0.497. The molecule has 28 heavy (non-hydrogen) atoms. The highest BCUT2D eigenvalue weighted by Crippen LogP contribution is 2.29. The van der Waals surface area contributed by atoms with Crippen molar-refractivity contribution in [3.8, 4) is 17.1 Å². The Morgan fingerprint density at radius 1 is 1.04 bits per heavy atom. The van der Waals surface area contributed by atoms with Gasteiger partial charge in [-0.3, -0.25) is 4.72 Å². The number of sulfonamides is 1. The van der Waals surface area contributed by atoms with E-state index in [0.717, 1.165) is 5.56 Å². The van der Waals surface area contributed by atoms with E-state index in [1.165, 1.54) is 19.2 Å². The van der Waals surface area contributed by atoms with Crippen LogP contribution in [0.1, 0.15) is 0 Å². The van der Waals surface area contributed by atoms with Crippen LogP contribution in [0.15, 0.2) is 71.6 Å². The van der Waals surface area contributed by atoms with Crippen molar-refractivity contribution in [1.82, 2.24) is 9.97 Å². The number of ether oxygens (including phenoxy) is 1. The molecule has 142 valence electrons. The highest BCUT2D eigenvalue weighted by Gasteiger charge is 2.17. The van der Waals surface area contributed by atoms with Crippen LogP contribution in [0.4, 0.5) is 5.69 Å². The van der Waals surface area contributed by atoms with E-state index in [-0.39, 0.29) is 4.90 Å². The van der Waals surface area contributed by atoms with Gasteiger partial charge in [0.05, 0.1) is 33.7 Å². The summed E-state index contributed by atoms with van der Waals surface area (Å²) < 4.78 is 33.1.